The predicted octanol–water partition coefficient (Wildman–Crippen LogP) is 3.11. The number of benzene rings is 1. The minimum Gasteiger partial charge on any atom is -0.318 e. The third-order valence-electron chi connectivity index (χ3n) is 3.36. The Hall–Kier alpha value is -1.98. The van der Waals surface area contributed by atoms with E-state index in [1.54, 1.807) is 12.4 Å². The van der Waals surface area contributed by atoms with Crippen molar-refractivity contribution in [3.8, 4) is 0 Å². The van der Waals surface area contributed by atoms with Crippen molar-refractivity contribution in [2.75, 3.05) is 0 Å². The van der Waals surface area contributed by atoms with Crippen LogP contribution in [0.15, 0.2) is 36.7 Å². The fraction of sp³-hybridized carbons (Fsp3) is 0.267. The number of fused-ring (bicyclic) bond motifs is 1. The van der Waals surface area contributed by atoms with Crippen LogP contribution in [0.5, 0.6) is 0 Å². The minimum atomic E-state index is -0.459. The molecule has 21 heavy (non-hydrogen) atoms. The molecule has 0 aliphatic heterocycles. The van der Waals surface area contributed by atoms with Gasteiger partial charge in [0.05, 0.1) is 45.9 Å². The third kappa shape index (κ3) is 2.50. The molecule has 0 aliphatic carbocycles. The normalized spacial score (nSPS) is 13.0. The maximum atomic E-state index is 6.34. The van der Waals surface area contributed by atoms with E-state index in [1.807, 2.05) is 42.8 Å². The molecule has 0 fully saturated rings. The molecule has 0 radical (unpaired) electrons. The van der Waals surface area contributed by atoms with Gasteiger partial charge >= 0.3 is 0 Å². The van der Waals surface area contributed by atoms with E-state index in [-0.39, 0.29) is 6.04 Å². The summed E-state index contributed by atoms with van der Waals surface area (Å²) >= 11 is 6.24. The molecular formula is C15H16ClN5. The van der Waals surface area contributed by atoms with Gasteiger partial charge < -0.3 is 5.73 Å². The summed E-state index contributed by atoms with van der Waals surface area (Å²) in [6, 6.07) is 7.41. The van der Waals surface area contributed by atoms with Gasteiger partial charge in [-0.2, -0.15) is 5.10 Å². The van der Waals surface area contributed by atoms with Gasteiger partial charge in [0.15, 0.2) is 0 Å². The number of halogens is 1. The first-order valence-electron chi connectivity index (χ1n) is 6.78. The van der Waals surface area contributed by atoms with E-state index in [2.05, 4.69) is 15.1 Å². The first-order chi connectivity index (χ1) is 10.1. The topological polar surface area (TPSA) is 69.6 Å². The van der Waals surface area contributed by atoms with Crippen LogP contribution < -0.4 is 5.73 Å². The summed E-state index contributed by atoms with van der Waals surface area (Å²) < 4.78 is 1.82. The Morgan fingerprint density at radius 3 is 2.57 bits per heavy atom. The third-order valence-corrected chi connectivity index (χ3v) is 3.65. The minimum absolute atomic E-state index is 0.173. The molecule has 3 rings (SSSR count). The molecule has 0 aliphatic rings. The largest absolute Gasteiger partial charge is 0.318 e. The average Bonchev–Trinajstić information content (AvgIpc) is 2.88. The van der Waals surface area contributed by atoms with Gasteiger partial charge in [-0.1, -0.05) is 23.7 Å². The lowest BCUT2D eigenvalue weighted by Crippen LogP contribution is -2.20. The number of hydrogen-bond donors (Lipinski definition) is 1. The highest BCUT2D eigenvalue weighted by Crippen LogP contribution is 2.28. The van der Waals surface area contributed by atoms with Gasteiger partial charge in [-0.15, -0.1) is 0 Å². The van der Waals surface area contributed by atoms with Crippen LogP contribution in [0.2, 0.25) is 5.02 Å². The first kappa shape index (κ1) is 14.0. The summed E-state index contributed by atoms with van der Waals surface area (Å²) in [5, 5.41) is 4.83. The zero-order valence-electron chi connectivity index (χ0n) is 11.9. The average molecular weight is 302 g/mol. The molecule has 0 saturated carbocycles. The van der Waals surface area contributed by atoms with Crippen molar-refractivity contribution in [2.45, 2.75) is 25.9 Å². The van der Waals surface area contributed by atoms with Crippen molar-refractivity contribution in [3.63, 3.8) is 0 Å². The predicted molar refractivity (Wildman–Crippen MR) is 83.2 cm³/mol. The Bertz CT molecular complexity index is 781. The Kier molecular flexibility index (Phi) is 3.61. The van der Waals surface area contributed by atoms with Crippen LogP contribution in [0.4, 0.5) is 0 Å². The Morgan fingerprint density at radius 2 is 1.86 bits per heavy atom. The highest BCUT2D eigenvalue weighted by molar-refractivity contribution is 6.31. The zero-order chi connectivity index (χ0) is 15.0. The fourth-order valence-corrected chi connectivity index (χ4v) is 2.56. The molecule has 0 amide bonds. The number of hydrogen-bond acceptors (Lipinski definition) is 4. The monoisotopic (exact) mass is 301 g/mol. The van der Waals surface area contributed by atoms with Crippen molar-refractivity contribution in [3.05, 3.63) is 53.1 Å². The van der Waals surface area contributed by atoms with Crippen molar-refractivity contribution in [1.29, 1.82) is 0 Å². The number of para-hydroxylation sites is 2. The molecule has 0 saturated heterocycles. The summed E-state index contributed by atoms with van der Waals surface area (Å²) in [5.41, 5.74) is 9.44. The standard InChI is InChI=1S/C15H16ClN5/c1-9(2)21-15(10(16)7-19-21)14(17)13-8-18-11-5-3-4-6-12(11)20-13/h3-9,14H,17H2,1-2H3. The highest BCUT2D eigenvalue weighted by Gasteiger charge is 2.21. The van der Waals surface area contributed by atoms with Gasteiger partial charge in [0.25, 0.3) is 0 Å². The van der Waals surface area contributed by atoms with E-state index >= 15 is 0 Å². The van der Waals surface area contributed by atoms with E-state index in [0.29, 0.717) is 10.7 Å². The molecule has 1 aromatic carbocycles. The Labute approximate surface area is 127 Å². The highest BCUT2D eigenvalue weighted by atomic mass is 35.5. The van der Waals surface area contributed by atoms with Crippen molar-refractivity contribution < 1.29 is 0 Å². The van der Waals surface area contributed by atoms with Crippen LogP contribution in [-0.4, -0.2) is 19.7 Å². The van der Waals surface area contributed by atoms with Crippen molar-refractivity contribution in [1.82, 2.24) is 19.7 Å². The molecule has 0 bridgehead atoms. The summed E-state index contributed by atoms with van der Waals surface area (Å²) in [4.78, 5) is 8.99. The van der Waals surface area contributed by atoms with Gasteiger partial charge in [-0.05, 0) is 26.0 Å². The summed E-state index contributed by atoms with van der Waals surface area (Å²) in [6.45, 7) is 4.07. The van der Waals surface area contributed by atoms with E-state index < -0.39 is 6.04 Å². The van der Waals surface area contributed by atoms with Crippen LogP contribution in [-0.2, 0) is 0 Å². The second-order valence-corrected chi connectivity index (χ2v) is 5.58. The second-order valence-electron chi connectivity index (χ2n) is 5.18. The second kappa shape index (κ2) is 5.42. The molecule has 2 N–H and O–H groups in total. The lowest BCUT2D eigenvalue weighted by molar-refractivity contribution is 0.497. The van der Waals surface area contributed by atoms with E-state index in [9.17, 15) is 0 Å². The van der Waals surface area contributed by atoms with Crippen LogP contribution in [0.1, 0.15) is 37.3 Å². The molecule has 1 atom stereocenters. The Morgan fingerprint density at radius 1 is 1.14 bits per heavy atom. The first-order valence-corrected chi connectivity index (χ1v) is 7.16. The molecule has 2 aromatic heterocycles. The molecule has 5 nitrogen and oxygen atoms in total. The molecule has 108 valence electrons. The van der Waals surface area contributed by atoms with Crippen LogP contribution in [0.3, 0.4) is 0 Å². The molecule has 2 heterocycles. The number of nitrogens with two attached hydrogens (primary N) is 1. The van der Waals surface area contributed by atoms with Crippen LogP contribution in [0, 0.1) is 0 Å². The van der Waals surface area contributed by atoms with Gasteiger partial charge in [-0.25, -0.2) is 4.98 Å². The number of aromatic nitrogens is 4. The van der Waals surface area contributed by atoms with Crippen LogP contribution >= 0.6 is 11.6 Å². The van der Waals surface area contributed by atoms with Crippen molar-refractivity contribution in [2.24, 2.45) is 5.73 Å². The molecule has 1 unspecified atom stereocenters. The molecule has 6 heteroatoms. The van der Waals surface area contributed by atoms with Crippen LogP contribution in [0.25, 0.3) is 11.0 Å². The van der Waals surface area contributed by atoms with E-state index in [1.165, 1.54) is 0 Å². The van der Waals surface area contributed by atoms with Gasteiger partial charge in [0.2, 0.25) is 0 Å². The lowest BCUT2D eigenvalue weighted by atomic mass is 10.1. The molecule has 0 spiro atoms. The quantitative estimate of drug-likeness (QED) is 0.807. The fourth-order valence-electron chi connectivity index (χ4n) is 2.31. The van der Waals surface area contributed by atoms with E-state index in [0.717, 1.165) is 16.7 Å². The molecular weight excluding hydrogens is 286 g/mol. The number of nitrogens with zero attached hydrogens (tertiary/aromatic N) is 4. The maximum absolute atomic E-state index is 6.34. The van der Waals surface area contributed by atoms with Crippen molar-refractivity contribution >= 4 is 22.6 Å². The van der Waals surface area contributed by atoms with Gasteiger partial charge in [0.1, 0.15) is 0 Å². The molecule has 3 aromatic rings. The Balaban J connectivity index is 2.08. The number of rotatable bonds is 3. The maximum Gasteiger partial charge on any atom is 0.0928 e. The SMILES string of the molecule is CC(C)n1ncc(Cl)c1C(N)c1cnc2ccccc2n1. The summed E-state index contributed by atoms with van der Waals surface area (Å²) in [6.07, 6.45) is 3.31. The lowest BCUT2D eigenvalue weighted by Gasteiger charge is -2.17. The van der Waals surface area contributed by atoms with Gasteiger partial charge in [0, 0.05) is 6.04 Å². The zero-order valence-corrected chi connectivity index (χ0v) is 12.6. The van der Waals surface area contributed by atoms with Gasteiger partial charge in [-0.3, -0.25) is 9.67 Å². The summed E-state index contributed by atoms with van der Waals surface area (Å²) in [7, 11) is 0. The summed E-state index contributed by atoms with van der Waals surface area (Å²) in [5.74, 6) is 0. The van der Waals surface area contributed by atoms with E-state index in [4.69, 9.17) is 17.3 Å². The smallest absolute Gasteiger partial charge is 0.0928 e.